The quantitative estimate of drug-likeness (QED) is 0.449. The van der Waals surface area contributed by atoms with Crippen LogP contribution in [0.25, 0.3) is 0 Å². The molecule has 0 aromatic carbocycles. The molecule has 0 radical (unpaired) electrons. The minimum absolute atomic E-state index is 0.232. The van der Waals surface area contributed by atoms with Crippen LogP contribution in [0.4, 0.5) is 0 Å². The molecule has 0 aliphatic heterocycles. The summed E-state index contributed by atoms with van der Waals surface area (Å²) in [5.41, 5.74) is 0. The lowest BCUT2D eigenvalue weighted by Gasteiger charge is -2.17. The Morgan fingerprint density at radius 3 is 1.53 bits per heavy atom. The molecule has 0 bridgehead atoms. The molecule has 0 N–H and O–H groups in total. The fraction of sp³-hybridized carbons (Fsp3) is 1.00. The third-order valence-electron chi connectivity index (χ3n) is 2.12. The molecule has 0 atom stereocenters. The van der Waals surface area contributed by atoms with Crippen molar-refractivity contribution in [2.75, 3.05) is 19.1 Å². The summed E-state index contributed by atoms with van der Waals surface area (Å²) in [5.74, 6) is 1.74. The molecule has 92 valence electrons. The van der Waals surface area contributed by atoms with E-state index < -0.39 is 0 Å². The first-order valence-electron chi connectivity index (χ1n) is 5.85. The van der Waals surface area contributed by atoms with E-state index in [1.165, 1.54) is 0 Å². The average Bonchev–Trinajstić information content (AvgIpc) is 2.14. The Morgan fingerprint density at radius 1 is 0.867 bits per heavy atom. The Balaban J connectivity index is 3.46. The van der Waals surface area contributed by atoms with E-state index >= 15 is 0 Å². The first-order chi connectivity index (χ1) is 7.06. The predicted molar refractivity (Wildman–Crippen MR) is 65.3 cm³/mol. The van der Waals surface area contributed by atoms with Crippen molar-refractivity contribution in [3.8, 4) is 0 Å². The summed E-state index contributed by atoms with van der Waals surface area (Å²) in [4.78, 5) is 0. The van der Waals surface area contributed by atoms with Crippen LogP contribution in [0, 0.1) is 11.8 Å². The van der Waals surface area contributed by atoms with Crippen LogP contribution in [0.1, 0.15) is 40.5 Å². The van der Waals surface area contributed by atoms with Crippen LogP contribution in [0.3, 0.4) is 0 Å². The average molecular weight is 237 g/mol. The highest BCUT2D eigenvalue weighted by Gasteiger charge is 2.08. The van der Waals surface area contributed by atoms with Crippen LogP contribution in [0.5, 0.6) is 0 Å². The Hall–Kier alpha value is 0.210. The molecule has 3 heteroatoms. The second-order valence-electron chi connectivity index (χ2n) is 4.69. The lowest BCUT2D eigenvalue weighted by Crippen LogP contribution is -2.21. The molecule has 0 saturated carbocycles. The summed E-state index contributed by atoms with van der Waals surface area (Å²) in [7, 11) is 0. The maximum absolute atomic E-state index is 5.75. The Bertz CT molecular complexity index is 124. The van der Waals surface area contributed by atoms with Crippen LogP contribution in [-0.2, 0) is 9.47 Å². The van der Waals surface area contributed by atoms with Gasteiger partial charge in [0.15, 0.2) is 6.29 Å². The molecule has 15 heavy (non-hydrogen) atoms. The molecule has 0 aliphatic carbocycles. The number of alkyl halides is 1. The third-order valence-corrected chi connectivity index (χ3v) is 2.38. The molecule has 0 rings (SSSR count). The van der Waals surface area contributed by atoms with Gasteiger partial charge in [0.2, 0.25) is 0 Å². The highest BCUT2D eigenvalue weighted by Crippen LogP contribution is 2.06. The van der Waals surface area contributed by atoms with Gasteiger partial charge in [0, 0.05) is 0 Å². The lowest BCUT2D eigenvalue weighted by molar-refractivity contribution is -0.131. The van der Waals surface area contributed by atoms with Crippen molar-refractivity contribution in [1.29, 1.82) is 0 Å². The summed E-state index contributed by atoms with van der Waals surface area (Å²) < 4.78 is 11.1. The second kappa shape index (κ2) is 9.44. The Morgan fingerprint density at radius 2 is 1.27 bits per heavy atom. The summed E-state index contributed by atoms with van der Waals surface area (Å²) in [6.07, 6.45) is 1.88. The molecule has 0 aliphatic rings. The lowest BCUT2D eigenvalue weighted by atomic mass is 10.1. The molecule has 0 fully saturated rings. The van der Waals surface area contributed by atoms with Gasteiger partial charge in [-0.15, -0.1) is 11.6 Å². The Kier molecular flexibility index (Phi) is 9.57. The molecule has 0 amide bonds. The van der Waals surface area contributed by atoms with Crippen molar-refractivity contribution in [1.82, 2.24) is 0 Å². The van der Waals surface area contributed by atoms with Crippen LogP contribution >= 0.6 is 11.6 Å². The molecular weight excluding hydrogens is 212 g/mol. The molecule has 0 saturated heterocycles. The second-order valence-corrected chi connectivity index (χ2v) is 5.00. The van der Waals surface area contributed by atoms with E-state index in [0.29, 0.717) is 17.7 Å². The Labute approximate surface area is 99.3 Å². The summed E-state index contributed by atoms with van der Waals surface area (Å²) in [6.45, 7) is 10.2. The van der Waals surface area contributed by atoms with Crippen LogP contribution in [0.2, 0.25) is 0 Å². The molecule has 0 aromatic rings. The van der Waals surface area contributed by atoms with Crippen molar-refractivity contribution in [2.24, 2.45) is 11.8 Å². The van der Waals surface area contributed by atoms with Crippen molar-refractivity contribution < 1.29 is 9.47 Å². The van der Waals surface area contributed by atoms with Gasteiger partial charge >= 0.3 is 0 Å². The smallest absolute Gasteiger partial charge is 0.170 e. The number of ether oxygens (including phenoxy) is 2. The highest BCUT2D eigenvalue weighted by atomic mass is 35.5. The molecule has 0 spiro atoms. The minimum Gasteiger partial charge on any atom is -0.351 e. The molecular formula is C12H25ClO2. The third kappa shape index (κ3) is 10.5. The van der Waals surface area contributed by atoms with E-state index in [0.717, 1.165) is 26.1 Å². The van der Waals surface area contributed by atoms with Gasteiger partial charge in [-0.05, 0) is 24.7 Å². The first kappa shape index (κ1) is 15.2. The largest absolute Gasteiger partial charge is 0.351 e. The van der Waals surface area contributed by atoms with Crippen molar-refractivity contribution in [2.45, 2.75) is 46.8 Å². The van der Waals surface area contributed by atoms with Gasteiger partial charge in [0.25, 0.3) is 0 Å². The van der Waals surface area contributed by atoms with E-state index in [-0.39, 0.29) is 6.29 Å². The van der Waals surface area contributed by atoms with Gasteiger partial charge < -0.3 is 9.47 Å². The van der Waals surface area contributed by atoms with E-state index in [1.54, 1.807) is 0 Å². The predicted octanol–water partition coefficient (Wildman–Crippen LogP) is 3.68. The van der Waals surface area contributed by atoms with Crippen molar-refractivity contribution >= 4 is 11.6 Å². The van der Waals surface area contributed by atoms with Gasteiger partial charge in [-0.3, -0.25) is 0 Å². The van der Waals surface area contributed by atoms with Crippen LogP contribution in [0.15, 0.2) is 0 Å². The topological polar surface area (TPSA) is 18.5 Å². The molecule has 0 unspecified atom stereocenters. The van der Waals surface area contributed by atoms with Gasteiger partial charge in [-0.25, -0.2) is 0 Å². The normalized spacial score (nSPS) is 12.0. The number of halogens is 1. The molecule has 2 nitrogen and oxygen atoms in total. The fourth-order valence-electron chi connectivity index (χ4n) is 1.01. The van der Waals surface area contributed by atoms with Gasteiger partial charge in [-0.2, -0.15) is 0 Å². The van der Waals surface area contributed by atoms with E-state index in [9.17, 15) is 0 Å². The SMILES string of the molecule is CC(C)CCOC(CCl)OCCC(C)C. The minimum atomic E-state index is -0.232. The first-order valence-corrected chi connectivity index (χ1v) is 6.38. The molecule has 0 heterocycles. The van der Waals surface area contributed by atoms with Gasteiger partial charge in [0.05, 0.1) is 19.1 Å². The van der Waals surface area contributed by atoms with Gasteiger partial charge in [-0.1, -0.05) is 27.7 Å². The standard InChI is InChI=1S/C12H25ClO2/c1-10(2)5-7-14-12(9-13)15-8-6-11(3)4/h10-12H,5-9H2,1-4H3. The number of hydrogen-bond donors (Lipinski definition) is 0. The van der Waals surface area contributed by atoms with Crippen molar-refractivity contribution in [3.05, 3.63) is 0 Å². The number of hydrogen-bond acceptors (Lipinski definition) is 2. The van der Waals surface area contributed by atoms with Gasteiger partial charge in [0.1, 0.15) is 0 Å². The zero-order valence-corrected chi connectivity index (χ0v) is 11.2. The van der Waals surface area contributed by atoms with Crippen LogP contribution < -0.4 is 0 Å². The number of rotatable bonds is 9. The zero-order chi connectivity index (χ0) is 11.7. The van der Waals surface area contributed by atoms with Crippen molar-refractivity contribution in [3.63, 3.8) is 0 Å². The zero-order valence-electron chi connectivity index (χ0n) is 10.5. The van der Waals surface area contributed by atoms with Crippen LogP contribution in [-0.4, -0.2) is 25.4 Å². The summed E-state index contributed by atoms with van der Waals surface area (Å²) in [5, 5.41) is 0. The fourth-order valence-corrected chi connectivity index (χ4v) is 1.19. The van der Waals surface area contributed by atoms with E-state index in [4.69, 9.17) is 21.1 Å². The maximum atomic E-state index is 5.75. The van der Waals surface area contributed by atoms with E-state index in [2.05, 4.69) is 27.7 Å². The summed E-state index contributed by atoms with van der Waals surface area (Å²) in [6, 6.07) is 0. The summed E-state index contributed by atoms with van der Waals surface area (Å²) >= 11 is 5.75. The highest BCUT2D eigenvalue weighted by molar-refractivity contribution is 6.18. The maximum Gasteiger partial charge on any atom is 0.170 e. The monoisotopic (exact) mass is 236 g/mol. The molecule has 0 aromatic heterocycles. The van der Waals surface area contributed by atoms with E-state index in [1.807, 2.05) is 0 Å².